The average molecular weight is 275 g/mol. The lowest BCUT2D eigenvalue weighted by molar-refractivity contribution is 0.155. The molecule has 0 spiro atoms. The number of aromatic nitrogens is 2. The molecule has 0 bridgehead atoms. The molecule has 0 amide bonds. The average Bonchev–Trinajstić information content (AvgIpc) is 2.94. The lowest BCUT2D eigenvalue weighted by Crippen LogP contribution is -2.37. The van der Waals surface area contributed by atoms with Crippen LogP contribution in [-0.4, -0.2) is 34.3 Å². The second-order valence-corrected chi connectivity index (χ2v) is 7.74. The summed E-state index contributed by atoms with van der Waals surface area (Å²) < 4.78 is 2.23. The van der Waals surface area contributed by atoms with E-state index in [4.69, 9.17) is 0 Å². The van der Waals surface area contributed by atoms with Crippen molar-refractivity contribution in [3.8, 4) is 0 Å². The molecular weight excluding hydrogens is 246 g/mol. The van der Waals surface area contributed by atoms with Crippen molar-refractivity contribution in [1.82, 2.24) is 14.7 Å². The second kappa shape index (κ2) is 5.51. The quantitative estimate of drug-likeness (QED) is 0.820. The Hall–Kier alpha value is -0.830. The van der Waals surface area contributed by atoms with Gasteiger partial charge in [0.05, 0.1) is 12.2 Å². The first-order chi connectivity index (χ1) is 9.54. The lowest BCUT2D eigenvalue weighted by atomic mass is 10.0. The smallest absolute Gasteiger partial charge is 0.0543 e. The van der Waals surface area contributed by atoms with Gasteiger partial charge in [0.2, 0.25) is 0 Å². The van der Waals surface area contributed by atoms with E-state index in [1.807, 2.05) is 0 Å². The third-order valence-electron chi connectivity index (χ3n) is 4.94. The normalized spacial score (nSPS) is 23.4. The summed E-state index contributed by atoms with van der Waals surface area (Å²) in [6, 6.07) is 0.624. The molecule has 1 aliphatic heterocycles. The Morgan fingerprint density at radius 1 is 1.30 bits per heavy atom. The first kappa shape index (κ1) is 14.1. The van der Waals surface area contributed by atoms with Crippen molar-refractivity contribution in [2.75, 3.05) is 19.6 Å². The van der Waals surface area contributed by atoms with Crippen LogP contribution in [0.4, 0.5) is 0 Å². The molecule has 0 aromatic carbocycles. The van der Waals surface area contributed by atoms with Gasteiger partial charge in [-0.05, 0) is 49.0 Å². The van der Waals surface area contributed by atoms with Gasteiger partial charge >= 0.3 is 0 Å². The van der Waals surface area contributed by atoms with E-state index in [1.54, 1.807) is 0 Å². The number of rotatable bonds is 5. The fourth-order valence-corrected chi connectivity index (χ4v) is 3.41. The maximum absolute atomic E-state index is 4.60. The largest absolute Gasteiger partial charge is 0.303 e. The van der Waals surface area contributed by atoms with Crippen molar-refractivity contribution in [1.29, 1.82) is 0 Å². The number of piperidine rings is 1. The van der Waals surface area contributed by atoms with Crippen molar-refractivity contribution in [3.05, 3.63) is 18.0 Å². The molecule has 112 valence electrons. The summed E-state index contributed by atoms with van der Waals surface area (Å²) >= 11 is 0. The molecule has 2 aliphatic rings. The van der Waals surface area contributed by atoms with Crippen LogP contribution in [0.5, 0.6) is 0 Å². The topological polar surface area (TPSA) is 21.1 Å². The minimum Gasteiger partial charge on any atom is -0.303 e. The van der Waals surface area contributed by atoms with Gasteiger partial charge in [0, 0.05) is 25.8 Å². The summed E-state index contributed by atoms with van der Waals surface area (Å²) in [7, 11) is 0. The van der Waals surface area contributed by atoms with Crippen LogP contribution in [0, 0.1) is 11.3 Å². The Morgan fingerprint density at radius 3 is 2.60 bits per heavy atom. The molecule has 1 aromatic rings. The summed E-state index contributed by atoms with van der Waals surface area (Å²) in [6.07, 6.45) is 10.9. The Bertz CT molecular complexity index is 437. The molecule has 1 saturated carbocycles. The Morgan fingerprint density at radius 2 is 2.00 bits per heavy atom. The lowest BCUT2D eigenvalue weighted by Gasteiger charge is -2.33. The molecule has 0 atom stereocenters. The third-order valence-corrected chi connectivity index (χ3v) is 4.94. The molecule has 1 saturated heterocycles. The molecule has 2 fully saturated rings. The van der Waals surface area contributed by atoms with Gasteiger partial charge in [-0.3, -0.25) is 4.68 Å². The summed E-state index contributed by atoms with van der Waals surface area (Å²) in [5, 5.41) is 4.60. The highest BCUT2D eigenvalue weighted by Crippen LogP contribution is 2.45. The van der Waals surface area contributed by atoms with Gasteiger partial charge in [0.25, 0.3) is 0 Å². The molecular formula is C17H29N3. The van der Waals surface area contributed by atoms with Crippen LogP contribution < -0.4 is 0 Å². The summed E-state index contributed by atoms with van der Waals surface area (Å²) in [6.45, 7) is 10.8. The van der Waals surface area contributed by atoms with Crippen molar-refractivity contribution in [2.45, 2.75) is 58.9 Å². The minimum absolute atomic E-state index is 0.624. The molecule has 0 N–H and O–H groups in total. The van der Waals surface area contributed by atoms with Gasteiger partial charge in [-0.15, -0.1) is 0 Å². The summed E-state index contributed by atoms with van der Waals surface area (Å²) in [4.78, 5) is 2.67. The fourth-order valence-electron chi connectivity index (χ4n) is 3.41. The summed E-state index contributed by atoms with van der Waals surface area (Å²) in [5.74, 6) is 0.716. The van der Waals surface area contributed by atoms with Crippen LogP contribution in [0.1, 0.15) is 58.1 Å². The first-order valence-electron chi connectivity index (χ1n) is 8.29. The van der Waals surface area contributed by atoms with E-state index in [2.05, 4.69) is 47.8 Å². The number of hydrogen-bond donors (Lipinski definition) is 0. The molecule has 1 aliphatic carbocycles. The van der Waals surface area contributed by atoms with Gasteiger partial charge in [0.1, 0.15) is 0 Å². The number of nitrogens with zero attached hydrogens (tertiary/aromatic N) is 3. The van der Waals surface area contributed by atoms with E-state index in [0.717, 1.165) is 6.42 Å². The third kappa shape index (κ3) is 3.43. The van der Waals surface area contributed by atoms with Gasteiger partial charge in [0.15, 0.2) is 0 Å². The van der Waals surface area contributed by atoms with Crippen molar-refractivity contribution in [2.24, 2.45) is 11.3 Å². The summed E-state index contributed by atoms with van der Waals surface area (Å²) in [5.41, 5.74) is 2.05. The Kier molecular flexibility index (Phi) is 3.89. The van der Waals surface area contributed by atoms with Crippen LogP contribution in [-0.2, 0) is 6.42 Å². The molecule has 0 radical (unpaired) electrons. The molecule has 1 aromatic heterocycles. The van der Waals surface area contributed by atoms with Crippen molar-refractivity contribution >= 4 is 0 Å². The molecule has 3 rings (SSSR count). The fraction of sp³-hybridized carbons (Fsp3) is 0.824. The highest BCUT2D eigenvalue weighted by molar-refractivity contribution is 5.05. The molecule has 3 heteroatoms. The predicted octanol–water partition coefficient (Wildman–Crippen LogP) is 3.52. The van der Waals surface area contributed by atoms with Crippen LogP contribution >= 0.6 is 0 Å². The van der Waals surface area contributed by atoms with E-state index < -0.39 is 0 Å². The van der Waals surface area contributed by atoms with Crippen LogP contribution in [0.2, 0.25) is 0 Å². The van der Waals surface area contributed by atoms with Crippen LogP contribution in [0.3, 0.4) is 0 Å². The van der Waals surface area contributed by atoms with Gasteiger partial charge in [-0.1, -0.05) is 20.8 Å². The maximum atomic E-state index is 4.60. The molecule has 3 nitrogen and oxygen atoms in total. The number of likely N-dealkylation sites (tertiary alicyclic amines) is 1. The molecule has 2 heterocycles. The monoisotopic (exact) mass is 275 g/mol. The maximum Gasteiger partial charge on any atom is 0.0543 e. The van der Waals surface area contributed by atoms with Gasteiger partial charge < -0.3 is 4.90 Å². The predicted molar refractivity (Wildman–Crippen MR) is 82.8 cm³/mol. The second-order valence-electron chi connectivity index (χ2n) is 7.74. The van der Waals surface area contributed by atoms with E-state index in [9.17, 15) is 0 Å². The van der Waals surface area contributed by atoms with E-state index in [0.29, 0.717) is 17.4 Å². The zero-order chi connectivity index (χ0) is 14.2. The highest BCUT2D eigenvalue weighted by Gasteiger charge is 2.39. The molecule has 0 unspecified atom stereocenters. The van der Waals surface area contributed by atoms with Crippen LogP contribution in [0.25, 0.3) is 0 Å². The first-order valence-corrected chi connectivity index (χ1v) is 8.29. The zero-order valence-corrected chi connectivity index (χ0v) is 13.3. The van der Waals surface area contributed by atoms with Gasteiger partial charge in [-0.25, -0.2) is 0 Å². The van der Waals surface area contributed by atoms with Crippen LogP contribution in [0.15, 0.2) is 12.4 Å². The van der Waals surface area contributed by atoms with E-state index in [-0.39, 0.29) is 0 Å². The highest BCUT2D eigenvalue weighted by atomic mass is 15.3. The van der Waals surface area contributed by atoms with Crippen molar-refractivity contribution < 1.29 is 0 Å². The minimum atomic E-state index is 0.624. The van der Waals surface area contributed by atoms with Gasteiger partial charge in [-0.2, -0.15) is 5.10 Å². The van der Waals surface area contributed by atoms with E-state index >= 15 is 0 Å². The SMILES string of the molecule is CC(C)Cc1cnn(C2CCN(CC3(C)CC3)CC2)c1. The van der Waals surface area contributed by atoms with E-state index in [1.165, 1.54) is 50.9 Å². The Balaban J connectivity index is 1.51. The standard InChI is InChI=1S/C17H29N3/c1-14(2)10-15-11-18-20(12-15)16-4-8-19(9-5-16)13-17(3)6-7-17/h11-12,14,16H,4-10,13H2,1-3H3. The number of hydrogen-bond acceptors (Lipinski definition) is 2. The Labute approximate surface area is 123 Å². The zero-order valence-electron chi connectivity index (χ0n) is 13.3. The molecule has 20 heavy (non-hydrogen) atoms. The van der Waals surface area contributed by atoms with Crippen molar-refractivity contribution in [3.63, 3.8) is 0 Å².